The molecule has 1 aliphatic carbocycles. The summed E-state index contributed by atoms with van der Waals surface area (Å²) in [7, 11) is 0. The van der Waals surface area contributed by atoms with Crippen LogP contribution in [-0.4, -0.2) is 59.5 Å². The van der Waals surface area contributed by atoms with Crippen LogP contribution in [-0.2, 0) is 38.4 Å². The minimum atomic E-state index is -1.08. The van der Waals surface area contributed by atoms with Gasteiger partial charge in [0.2, 0.25) is 23.6 Å². The normalized spacial score (nSPS) is 20.8. The Kier molecular flexibility index (Phi) is 10.8. The molecular weight excluding hydrogens is 572 g/mol. The molecule has 0 unspecified atom stereocenters. The molecule has 0 spiro atoms. The standard InChI is InChI=1S/C35H40N4O6/c40-22-32(41)37-30-20-24-10-6-14-27(18-24)45-28-15-7-11-25(19-28)21-31(34(43)36-26-12-4-5-13-26)39-33(42)29(38-35(30)44)17-16-23-8-2-1-3-9-23/h1-3,6-11,14-15,18-19,26,29-31,40H,4-5,12-13,16-17,20-22H2,(H,36,43)(H,37,41)(H,38,44)(H,39,42)/t29-,30-,31-/m0/s1. The Labute approximate surface area is 262 Å². The molecule has 1 heterocycles. The van der Waals surface area contributed by atoms with Crippen LogP contribution in [0.4, 0.5) is 0 Å². The highest BCUT2D eigenvalue weighted by Crippen LogP contribution is 2.25. The largest absolute Gasteiger partial charge is 0.457 e. The number of aliphatic hydroxyl groups is 1. The topological polar surface area (TPSA) is 146 Å². The molecule has 3 aromatic carbocycles. The van der Waals surface area contributed by atoms with Gasteiger partial charge in [-0.15, -0.1) is 0 Å². The number of benzene rings is 3. The van der Waals surface area contributed by atoms with Crippen molar-refractivity contribution in [2.75, 3.05) is 6.61 Å². The van der Waals surface area contributed by atoms with E-state index in [1.54, 1.807) is 18.2 Å². The van der Waals surface area contributed by atoms with E-state index in [1.165, 1.54) is 0 Å². The summed E-state index contributed by atoms with van der Waals surface area (Å²) in [5, 5.41) is 20.9. The molecule has 4 amide bonds. The molecule has 3 aromatic rings. The lowest BCUT2D eigenvalue weighted by molar-refractivity contribution is -0.134. The summed E-state index contributed by atoms with van der Waals surface area (Å²) in [6.45, 7) is -0.793. The molecule has 5 rings (SSSR count). The summed E-state index contributed by atoms with van der Waals surface area (Å²) < 4.78 is 6.12. The number of carbonyl (C=O) groups excluding carboxylic acids is 4. The van der Waals surface area contributed by atoms with Crippen molar-refractivity contribution < 1.29 is 29.0 Å². The minimum Gasteiger partial charge on any atom is -0.457 e. The molecule has 0 saturated heterocycles. The Balaban J connectivity index is 1.49. The van der Waals surface area contributed by atoms with E-state index in [4.69, 9.17) is 4.74 Å². The van der Waals surface area contributed by atoms with Crippen LogP contribution in [0.1, 0.15) is 48.8 Å². The average molecular weight is 613 g/mol. The zero-order valence-corrected chi connectivity index (χ0v) is 25.2. The van der Waals surface area contributed by atoms with E-state index >= 15 is 0 Å². The van der Waals surface area contributed by atoms with Crippen LogP contribution in [0.3, 0.4) is 0 Å². The van der Waals surface area contributed by atoms with Gasteiger partial charge in [0.25, 0.3) is 0 Å². The Morgan fingerprint density at radius 1 is 0.800 bits per heavy atom. The quantitative estimate of drug-likeness (QED) is 0.278. The summed E-state index contributed by atoms with van der Waals surface area (Å²) >= 11 is 0. The first kappa shape index (κ1) is 31.7. The number of aliphatic hydroxyl groups excluding tert-OH is 1. The first-order valence-electron chi connectivity index (χ1n) is 15.6. The van der Waals surface area contributed by atoms with E-state index in [1.807, 2.05) is 60.7 Å². The predicted molar refractivity (Wildman–Crippen MR) is 168 cm³/mol. The fraction of sp³-hybridized carbons (Fsp3) is 0.371. The fourth-order valence-corrected chi connectivity index (χ4v) is 5.88. The van der Waals surface area contributed by atoms with Crippen molar-refractivity contribution in [1.82, 2.24) is 21.3 Å². The smallest absolute Gasteiger partial charge is 0.246 e. The lowest BCUT2D eigenvalue weighted by atomic mass is 10.0. The van der Waals surface area contributed by atoms with Gasteiger partial charge >= 0.3 is 0 Å². The van der Waals surface area contributed by atoms with Gasteiger partial charge < -0.3 is 31.1 Å². The number of ether oxygens (including phenoxy) is 1. The van der Waals surface area contributed by atoms with Gasteiger partial charge in [0.1, 0.15) is 36.2 Å². The second-order valence-corrected chi connectivity index (χ2v) is 11.7. The number of aryl methyl sites for hydroxylation is 1. The molecule has 0 aromatic heterocycles. The van der Waals surface area contributed by atoms with Crippen molar-refractivity contribution in [2.24, 2.45) is 0 Å². The molecule has 45 heavy (non-hydrogen) atoms. The lowest BCUT2D eigenvalue weighted by Crippen LogP contribution is -2.58. The SMILES string of the molecule is O=C(CO)N[C@H]1Cc2cccc(c2)Oc2cccc(c2)C[C@@H](C(=O)NC2CCCC2)NC(=O)[C@H](CCc2ccccc2)NC1=O. The number of fused-ring (bicyclic) bond motifs is 4. The minimum absolute atomic E-state index is 0.0566. The summed E-state index contributed by atoms with van der Waals surface area (Å²) in [5.41, 5.74) is 2.50. The van der Waals surface area contributed by atoms with Crippen molar-refractivity contribution in [1.29, 1.82) is 0 Å². The van der Waals surface area contributed by atoms with Gasteiger partial charge in [-0.3, -0.25) is 19.2 Å². The summed E-state index contributed by atoms with van der Waals surface area (Å²) in [4.78, 5) is 53.4. The number of carbonyl (C=O) groups is 4. The number of amides is 4. The van der Waals surface area contributed by atoms with Gasteiger partial charge in [-0.2, -0.15) is 0 Å². The fourth-order valence-electron chi connectivity index (χ4n) is 5.88. The van der Waals surface area contributed by atoms with E-state index in [2.05, 4.69) is 21.3 Å². The van der Waals surface area contributed by atoms with Gasteiger partial charge in [0, 0.05) is 18.9 Å². The van der Waals surface area contributed by atoms with Crippen LogP contribution in [0, 0.1) is 0 Å². The number of rotatable bonds is 7. The maximum atomic E-state index is 13.9. The second kappa shape index (κ2) is 15.3. The molecule has 4 bridgehead atoms. The highest BCUT2D eigenvalue weighted by molar-refractivity contribution is 5.94. The summed E-state index contributed by atoms with van der Waals surface area (Å²) in [5.74, 6) is -0.991. The van der Waals surface area contributed by atoms with Crippen molar-refractivity contribution in [2.45, 2.75) is 75.5 Å². The third-order valence-electron chi connectivity index (χ3n) is 8.24. The van der Waals surface area contributed by atoms with E-state index < -0.39 is 42.5 Å². The van der Waals surface area contributed by atoms with E-state index in [0.29, 0.717) is 23.5 Å². The molecule has 1 saturated carbocycles. The Bertz CT molecular complexity index is 1490. The molecule has 10 nitrogen and oxygen atoms in total. The molecular formula is C35H40N4O6. The third-order valence-corrected chi connectivity index (χ3v) is 8.24. The molecule has 2 aliphatic rings. The van der Waals surface area contributed by atoms with Crippen molar-refractivity contribution in [3.05, 3.63) is 95.6 Å². The summed E-state index contributed by atoms with van der Waals surface area (Å²) in [6.07, 6.45) is 4.95. The van der Waals surface area contributed by atoms with Gasteiger partial charge in [-0.05, 0) is 66.6 Å². The van der Waals surface area contributed by atoms with Gasteiger partial charge in [-0.1, -0.05) is 67.4 Å². The highest BCUT2D eigenvalue weighted by atomic mass is 16.5. The van der Waals surface area contributed by atoms with Gasteiger partial charge in [0.15, 0.2) is 0 Å². The monoisotopic (exact) mass is 612 g/mol. The molecule has 0 radical (unpaired) electrons. The number of nitrogens with one attached hydrogen (secondary N) is 4. The number of hydrogen-bond donors (Lipinski definition) is 5. The van der Waals surface area contributed by atoms with Crippen LogP contribution in [0.5, 0.6) is 11.5 Å². The predicted octanol–water partition coefficient (Wildman–Crippen LogP) is 2.72. The van der Waals surface area contributed by atoms with E-state index in [9.17, 15) is 24.3 Å². The zero-order valence-electron chi connectivity index (χ0n) is 25.2. The maximum absolute atomic E-state index is 13.9. The highest BCUT2D eigenvalue weighted by Gasteiger charge is 2.31. The van der Waals surface area contributed by atoms with Crippen molar-refractivity contribution in [3.8, 4) is 11.5 Å². The van der Waals surface area contributed by atoms with Crippen LogP contribution in [0.25, 0.3) is 0 Å². The van der Waals surface area contributed by atoms with Crippen molar-refractivity contribution in [3.63, 3.8) is 0 Å². The summed E-state index contributed by atoms with van der Waals surface area (Å²) in [6, 6.07) is 21.2. The molecule has 3 atom stereocenters. The first-order valence-corrected chi connectivity index (χ1v) is 15.6. The Hall–Kier alpha value is -4.70. The average Bonchev–Trinajstić information content (AvgIpc) is 3.55. The molecule has 236 valence electrons. The maximum Gasteiger partial charge on any atom is 0.246 e. The number of hydrogen-bond acceptors (Lipinski definition) is 6. The zero-order chi connectivity index (χ0) is 31.6. The van der Waals surface area contributed by atoms with E-state index in [-0.39, 0.29) is 31.2 Å². The molecule has 10 heteroatoms. The Morgan fingerprint density at radius 2 is 1.47 bits per heavy atom. The molecule has 1 fully saturated rings. The van der Waals surface area contributed by atoms with Crippen LogP contribution < -0.4 is 26.0 Å². The van der Waals surface area contributed by atoms with Gasteiger partial charge in [-0.25, -0.2) is 0 Å². The Morgan fingerprint density at radius 3 is 2.13 bits per heavy atom. The molecule has 5 N–H and O–H groups in total. The van der Waals surface area contributed by atoms with Crippen molar-refractivity contribution >= 4 is 23.6 Å². The first-order chi connectivity index (χ1) is 21.9. The van der Waals surface area contributed by atoms with Gasteiger partial charge in [0.05, 0.1) is 0 Å². The van der Waals surface area contributed by atoms with Crippen LogP contribution in [0.2, 0.25) is 0 Å². The third kappa shape index (κ3) is 9.15. The van der Waals surface area contributed by atoms with Crippen LogP contribution >= 0.6 is 0 Å². The van der Waals surface area contributed by atoms with E-state index in [0.717, 1.165) is 36.8 Å². The molecule has 1 aliphatic heterocycles. The lowest BCUT2D eigenvalue weighted by Gasteiger charge is -2.26. The van der Waals surface area contributed by atoms with Crippen LogP contribution in [0.15, 0.2) is 78.9 Å². The second-order valence-electron chi connectivity index (χ2n) is 11.7.